The van der Waals surface area contributed by atoms with E-state index in [1.807, 2.05) is 11.4 Å². The van der Waals surface area contributed by atoms with Crippen LogP contribution in [0.4, 0.5) is 8.78 Å². The summed E-state index contributed by atoms with van der Waals surface area (Å²) in [4.78, 5) is 0.821. The zero-order valence-electron chi connectivity index (χ0n) is 14.4. The smallest absolute Gasteiger partial charge is 0.134 e. The van der Waals surface area contributed by atoms with E-state index >= 15 is 0 Å². The molecule has 130 valence electrons. The van der Waals surface area contributed by atoms with E-state index in [1.54, 1.807) is 0 Å². The fraction of sp³-hybridized carbons (Fsp3) is 0.238. The highest BCUT2D eigenvalue weighted by Gasteiger charge is 2.11. The summed E-state index contributed by atoms with van der Waals surface area (Å²) >= 11 is 1.48. The molecule has 1 aromatic heterocycles. The quantitative estimate of drug-likeness (QED) is 0.650. The van der Waals surface area contributed by atoms with Crippen LogP contribution >= 0.6 is 11.3 Å². The lowest BCUT2D eigenvalue weighted by Crippen LogP contribution is -2.05. The maximum absolute atomic E-state index is 14.0. The number of hydrogen-bond acceptors (Lipinski definition) is 2. The third kappa shape index (κ3) is 3.97. The van der Waals surface area contributed by atoms with Crippen molar-refractivity contribution in [3.8, 4) is 10.4 Å². The molecule has 0 fully saturated rings. The minimum absolute atomic E-state index is 0.448. The molecule has 3 aromatic rings. The van der Waals surface area contributed by atoms with Gasteiger partial charge in [-0.2, -0.15) is 0 Å². The van der Waals surface area contributed by atoms with Gasteiger partial charge in [-0.1, -0.05) is 12.1 Å². The molecule has 0 bridgehead atoms. The van der Waals surface area contributed by atoms with Gasteiger partial charge in [-0.05, 0) is 84.6 Å². The lowest BCUT2D eigenvalue weighted by molar-refractivity contribution is 0.586. The minimum atomic E-state index is -0.554. The molecule has 0 saturated carbocycles. The second-order valence-electron chi connectivity index (χ2n) is 6.36. The summed E-state index contributed by atoms with van der Waals surface area (Å²) in [6.07, 6.45) is 1.69. The van der Waals surface area contributed by atoms with Crippen molar-refractivity contribution in [1.29, 1.82) is 0 Å². The lowest BCUT2D eigenvalue weighted by atomic mass is 9.94. The van der Waals surface area contributed by atoms with Crippen LogP contribution in [0.5, 0.6) is 0 Å². The molecule has 0 amide bonds. The molecule has 4 heteroatoms. The fourth-order valence-electron chi connectivity index (χ4n) is 3.07. The van der Waals surface area contributed by atoms with E-state index in [0.29, 0.717) is 12.1 Å². The van der Waals surface area contributed by atoms with Gasteiger partial charge in [0.05, 0.1) is 0 Å². The first-order valence-corrected chi connectivity index (χ1v) is 9.18. The number of nitrogens with two attached hydrogens (primary N) is 1. The molecule has 2 N–H and O–H groups in total. The van der Waals surface area contributed by atoms with E-state index in [1.165, 1.54) is 45.7 Å². The van der Waals surface area contributed by atoms with Gasteiger partial charge in [0, 0.05) is 16.5 Å². The second kappa shape index (κ2) is 7.46. The Bertz CT molecular complexity index is 899. The van der Waals surface area contributed by atoms with Crippen LogP contribution in [0.25, 0.3) is 10.4 Å². The number of rotatable bonds is 5. The molecule has 3 rings (SSSR count). The molecular formula is C21H21F2NS. The minimum Gasteiger partial charge on any atom is -0.330 e. The van der Waals surface area contributed by atoms with Crippen LogP contribution in [0.15, 0.2) is 41.8 Å². The van der Waals surface area contributed by atoms with E-state index < -0.39 is 11.6 Å². The summed E-state index contributed by atoms with van der Waals surface area (Å²) in [5.74, 6) is -1.08. The molecule has 0 aliphatic carbocycles. The van der Waals surface area contributed by atoms with E-state index in [4.69, 9.17) is 5.73 Å². The van der Waals surface area contributed by atoms with E-state index in [0.717, 1.165) is 29.3 Å². The predicted octanol–water partition coefficient (Wildman–Crippen LogP) is 5.40. The number of hydrogen-bond donors (Lipinski definition) is 1. The monoisotopic (exact) mass is 357 g/mol. The third-order valence-corrected chi connectivity index (χ3v) is 5.47. The Kier molecular flexibility index (Phi) is 5.30. The number of thiophene rings is 1. The Hall–Kier alpha value is -2.04. The van der Waals surface area contributed by atoms with Crippen LogP contribution in [0.1, 0.15) is 27.8 Å². The molecule has 0 spiro atoms. The first kappa shape index (κ1) is 17.8. The zero-order chi connectivity index (χ0) is 18.0. The van der Waals surface area contributed by atoms with Crippen LogP contribution in [-0.2, 0) is 12.8 Å². The molecule has 2 aromatic carbocycles. The maximum Gasteiger partial charge on any atom is 0.134 e. The number of benzene rings is 2. The first-order chi connectivity index (χ1) is 12.0. The molecular weight excluding hydrogens is 336 g/mol. The summed E-state index contributed by atoms with van der Waals surface area (Å²) in [6.45, 7) is 4.87. The molecule has 0 unspecified atom stereocenters. The highest BCUT2D eigenvalue weighted by Crippen LogP contribution is 2.31. The maximum atomic E-state index is 14.0. The summed E-state index contributed by atoms with van der Waals surface area (Å²) in [6, 6.07) is 10.1. The summed E-state index contributed by atoms with van der Waals surface area (Å²) in [7, 11) is 0. The Morgan fingerprint density at radius 3 is 2.40 bits per heavy atom. The van der Waals surface area contributed by atoms with E-state index in [9.17, 15) is 8.78 Å². The van der Waals surface area contributed by atoms with Crippen LogP contribution < -0.4 is 5.73 Å². The van der Waals surface area contributed by atoms with Crippen molar-refractivity contribution in [2.45, 2.75) is 26.7 Å². The highest BCUT2D eigenvalue weighted by molar-refractivity contribution is 7.13. The highest BCUT2D eigenvalue weighted by atomic mass is 32.1. The van der Waals surface area contributed by atoms with Crippen molar-refractivity contribution in [2.24, 2.45) is 5.73 Å². The van der Waals surface area contributed by atoms with Crippen LogP contribution in [-0.4, -0.2) is 6.54 Å². The van der Waals surface area contributed by atoms with Crippen molar-refractivity contribution in [1.82, 2.24) is 0 Å². The van der Waals surface area contributed by atoms with Gasteiger partial charge in [-0.25, -0.2) is 8.78 Å². The zero-order valence-corrected chi connectivity index (χ0v) is 15.2. The van der Waals surface area contributed by atoms with Crippen molar-refractivity contribution in [2.75, 3.05) is 6.54 Å². The topological polar surface area (TPSA) is 26.0 Å². The van der Waals surface area contributed by atoms with Gasteiger partial charge in [0.25, 0.3) is 0 Å². The molecule has 0 aliphatic rings. The number of aryl methyl sites for hydroxylation is 2. The van der Waals surface area contributed by atoms with Gasteiger partial charge in [0.15, 0.2) is 0 Å². The molecule has 0 saturated heterocycles. The first-order valence-electron chi connectivity index (χ1n) is 8.30. The van der Waals surface area contributed by atoms with E-state index in [-0.39, 0.29) is 0 Å². The average molecular weight is 357 g/mol. The predicted molar refractivity (Wildman–Crippen MR) is 101 cm³/mol. The third-order valence-electron chi connectivity index (χ3n) is 4.45. The summed E-state index contributed by atoms with van der Waals surface area (Å²) in [5.41, 5.74) is 12.3. The molecule has 25 heavy (non-hydrogen) atoms. The summed E-state index contributed by atoms with van der Waals surface area (Å²) in [5, 5.41) is 2.04. The van der Waals surface area contributed by atoms with Gasteiger partial charge >= 0.3 is 0 Å². The van der Waals surface area contributed by atoms with Gasteiger partial charge in [0.2, 0.25) is 0 Å². The van der Waals surface area contributed by atoms with Crippen LogP contribution in [0, 0.1) is 25.5 Å². The summed E-state index contributed by atoms with van der Waals surface area (Å²) < 4.78 is 27.0. The van der Waals surface area contributed by atoms with E-state index in [2.05, 4.69) is 26.0 Å². The Labute approximate surface area is 151 Å². The molecule has 0 radical (unpaired) electrons. The van der Waals surface area contributed by atoms with Crippen molar-refractivity contribution in [3.05, 3.63) is 81.2 Å². The number of halogens is 2. The van der Waals surface area contributed by atoms with Crippen molar-refractivity contribution >= 4 is 11.3 Å². The Morgan fingerprint density at radius 1 is 0.960 bits per heavy atom. The average Bonchev–Trinajstić information content (AvgIpc) is 3.00. The Balaban J connectivity index is 1.85. The van der Waals surface area contributed by atoms with Crippen molar-refractivity contribution < 1.29 is 8.78 Å². The van der Waals surface area contributed by atoms with Crippen LogP contribution in [0.3, 0.4) is 0 Å². The Morgan fingerprint density at radius 2 is 1.68 bits per heavy atom. The molecule has 0 atom stereocenters. The van der Waals surface area contributed by atoms with Gasteiger partial charge in [-0.3, -0.25) is 0 Å². The molecule has 1 heterocycles. The van der Waals surface area contributed by atoms with Gasteiger partial charge < -0.3 is 5.73 Å². The largest absolute Gasteiger partial charge is 0.330 e. The second-order valence-corrected chi connectivity index (χ2v) is 7.28. The standard InChI is InChI=1S/C21H21F2NS/c1-13-8-17(14(2)7-16(13)5-6-24)9-15-10-21(25-12-15)19-4-3-18(22)11-20(19)23/h3-4,7-8,10-12H,5-6,9,24H2,1-2H3. The van der Waals surface area contributed by atoms with Gasteiger partial charge in [-0.15, -0.1) is 11.3 Å². The normalized spacial score (nSPS) is 11.1. The van der Waals surface area contributed by atoms with Crippen molar-refractivity contribution in [3.63, 3.8) is 0 Å². The molecule has 0 aliphatic heterocycles. The fourth-order valence-corrected chi connectivity index (χ4v) is 4.01. The molecule has 1 nitrogen and oxygen atoms in total. The lowest BCUT2D eigenvalue weighted by Gasteiger charge is -2.11. The SMILES string of the molecule is Cc1cc(Cc2csc(-c3ccc(F)cc3F)c2)c(C)cc1CCN. The van der Waals surface area contributed by atoms with Crippen LogP contribution in [0.2, 0.25) is 0 Å². The van der Waals surface area contributed by atoms with Gasteiger partial charge in [0.1, 0.15) is 11.6 Å².